The average Bonchev–Trinajstić information content (AvgIpc) is 2.31. The first-order chi connectivity index (χ1) is 7.72. The number of carbonyl (C=O) groups is 1. The maximum absolute atomic E-state index is 11.5. The Hall–Kier alpha value is -0.330. The van der Waals surface area contributed by atoms with Gasteiger partial charge >= 0.3 is 0 Å². The van der Waals surface area contributed by atoms with Crippen LogP contribution >= 0.6 is 0 Å². The van der Waals surface area contributed by atoms with Crippen LogP contribution in [0.5, 0.6) is 0 Å². The number of hydrogen-bond acceptors (Lipinski definition) is 1. The van der Waals surface area contributed by atoms with E-state index in [1.54, 1.807) is 0 Å². The zero-order valence-electron chi connectivity index (χ0n) is 11.6. The number of hydrogen-bond donors (Lipinski definition) is 0. The van der Waals surface area contributed by atoms with E-state index in [1.807, 2.05) is 6.92 Å². The van der Waals surface area contributed by atoms with E-state index in [1.165, 1.54) is 44.9 Å². The molecule has 0 heterocycles. The highest BCUT2D eigenvalue weighted by Gasteiger charge is 2.09. The van der Waals surface area contributed by atoms with Crippen molar-refractivity contribution in [3.05, 3.63) is 0 Å². The third-order valence-electron chi connectivity index (χ3n) is 3.44. The molecule has 0 aliphatic heterocycles. The fourth-order valence-corrected chi connectivity index (χ4v) is 1.91. The van der Waals surface area contributed by atoms with Crippen LogP contribution in [0, 0.1) is 5.92 Å². The van der Waals surface area contributed by atoms with E-state index in [0.29, 0.717) is 5.78 Å². The van der Waals surface area contributed by atoms with Gasteiger partial charge in [0.2, 0.25) is 0 Å². The SMILES string of the molecule is CCCCCCCCCCC(=O)C(C)CC. The molecule has 0 amide bonds. The summed E-state index contributed by atoms with van der Waals surface area (Å²) in [6.45, 7) is 6.39. The van der Waals surface area contributed by atoms with Crippen LogP contribution in [0.3, 0.4) is 0 Å². The predicted octanol–water partition coefficient (Wildman–Crippen LogP) is 5.13. The lowest BCUT2D eigenvalue weighted by Gasteiger charge is -2.06. The van der Waals surface area contributed by atoms with E-state index in [-0.39, 0.29) is 5.92 Å². The van der Waals surface area contributed by atoms with Gasteiger partial charge in [-0.3, -0.25) is 4.79 Å². The molecule has 0 aliphatic rings. The van der Waals surface area contributed by atoms with Crippen LogP contribution in [0.2, 0.25) is 0 Å². The van der Waals surface area contributed by atoms with E-state index in [2.05, 4.69) is 13.8 Å². The first kappa shape index (κ1) is 15.7. The van der Waals surface area contributed by atoms with Crippen molar-refractivity contribution in [2.75, 3.05) is 0 Å². The van der Waals surface area contributed by atoms with Gasteiger partial charge in [-0.25, -0.2) is 0 Å². The van der Waals surface area contributed by atoms with E-state index in [9.17, 15) is 4.79 Å². The van der Waals surface area contributed by atoms with Gasteiger partial charge in [0.25, 0.3) is 0 Å². The van der Waals surface area contributed by atoms with Gasteiger partial charge in [-0.05, 0) is 12.8 Å². The summed E-state index contributed by atoms with van der Waals surface area (Å²) in [5, 5.41) is 0. The summed E-state index contributed by atoms with van der Waals surface area (Å²) in [7, 11) is 0. The Labute approximate surface area is 102 Å². The monoisotopic (exact) mass is 226 g/mol. The quantitative estimate of drug-likeness (QED) is 0.446. The smallest absolute Gasteiger partial charge is 0.135 e. The summed E-state index contributed by atoms with van der Waals surface area (Å²) in [4.78, 5) is 11.5. The van der Waals surface area contributed by atoms with Crippen LogP contribution in [0.15, 0.2) is 0 Å². The van der Waals surface area contributed by atoms with E-state index < -0.39 is 0 Å². The van der Waals surface area contributed by atoms with E-state index in [0.717, 1.165) is 19.3 Å². The largest absolute Gasteiger partial charge is 0.299 e. The molecule has 0 N–H and O–H groups in total. The predicted molar refractivity (Wildman–Crippen MR) is 71.7 cm³/mol. The van der Waals surface area contributed by atoms with Gasteiger partial charge in [-0.15, -0.1) is 0 Å². The van der Waals surface area contributed by atoms with E-state index in [4.69, 9.17) is 0 Å². The van der Waals surface area contributed by atoms with Crippen LogP contribution in [-0.4, -0.2) is 5.78 Å². The zero-order valence-corrected chi connectivity index (χ0v) is 11.6. The van der Waals surface area contributed by atoms with Gasteiger partial charge in [0.1, 0.15) is 5.78 Å². The van der Waals surface area contributed by atoms with Crippen molar-refractivity contribution >= 4 is 5.78 Å². The Morgan fingerprint density at radius 1 is 0.875 bits per heavy atom. The first-order valence-electron chi connectivity index (χ1n) is 7.25. The number of Topliss-reactive ketones (excluding diaryl/α,β-unsaturated/α-hetero) is 1. The molecule has 96 valence electrons. The second-order valence-electron chi connectivity index (χ2n) is 5.00. The standard InChI is InChI=1S/C15H30O/c1-4-6-7-8-9-10-11-12-13-15(16)14(3)5-2/h14H,4-13H2,1-3H3. The van der Waals surface area contributed by atoms with Gasteiger partial charge < -0.3 is 0 Å². The molecular weight excluding hydrogens is 196 g/mol. The summed E-state index contributed by atoms with van der Waals surface area (Å²) in [6.07, 6.45) is 12.3. The number of carbonyl (C=O) groups excluding carboxylic acids is 1. The van der Waals surface area contributed by atoms with Gasteiger partial charge in [0.05, 0.1) is 0 Å². The highest BCUT2D eigenvalue weighted by atomic mass is 16.1. The fourth-order valence-electron chi connectivity index (χ4n) is 1.91. The molecule has 0 fully saturated rings. The van der Waals surface area contributed by atoms with Crippen LogP contribution in [-0.2, 0) is 4.79 Å². The van der Waals surface area contributed by atoms with Crippen molar-refractivity contribution in [2.45, 2.75) is 85.0 Å². The molecule has 0 aromatic heterocycles. The maximum atomic E-state index is 11.5. The lowest BCUT2D eigenvalue weighted by atomic mass is 9.98. The zero-order chi connectivity index (χ0) is 12.2. The molecule has 0 bridgehead atoms. The lowest BCUT2D eigenvalue weighted by Crippen LogP contribution is -2.09. The van der Waals surface area contributed by atoms with Crippen molar-refractivity contribution < 1.29 is 4.79 Å². The third kappa shape index (κ3) is 8.94. The van der Waals surface area contributed by atoms with Crippen LogP contribution in [0.1, 0.15) is 85.0 Å². The molecule has 1 nitrogen and oxygen atoms in total. The Balaban J connectivity index is 3.18. The van der Waals surface area contributed by atoms with Crippen molar-refractivity contribution in [2.24, 2.45) is 5.92 Å². The van der Waals surface area contributed by atoms with E-state index >= 15 is 0 Å². The van der Waals surface area contributed by atoms with Crippen molar-refractivity contribution in [3.8, 4) is 0 Å². The Morgan fingerprint density at radius 2 is 1.38 bits per heavy atom. The summed E-state index contributed by atoms with van der Waals surface area (Å²) < 4.78 is 0. The van der Waals surface area contributed by atoms with Gasteiger partial charge in [-0.2, -0.15) is 0 Å². The third-order valence-corrected chi connectivity index (χ3v) is 3.44. The normalized spacial score (nSPS) is 12.7. The molecule has 0 aromatic rings. The number of rotatable bonds is 11. The molecule has 0 aliphatic carbocycles. The minimum atomic E-state index is 0.282. The molecule has 0 saturated heterocycles. The van der Waals surface area contributed by atoms with Crippen LogP contribution in [0.25, 0.3) is 0 Å². The molecule has 16 heavy (non-hydrogen) atoms. The highest BCUT2D eigenvalue weighted by molar-refractivity contribution is 5.80. The number of unbranched alkanes of at least 4 members (excludes halogenated alkanes) is 7. The molecule has 1 atom stereocenters. The Bertz CT molecular complexity index is 163. The van der Waals surface area contributed by atoms with Crippen molar-refractivity contribution in [1.29, 1.82) is 0 Å². The maximum Gasteiger partial charge on any atom is 0.135 e. The Morgan fingerprint density at radius 3 is 1.88 bits per heavy atom. The summed E-state index contributed by atoms with van der Waals surface area (Å²) in [5.74, 6) is 0.748. The van der Waals surface area contributed by atoms with Gasteiger partial charge in [0, 0.05) is 12.3 Å². The molecule has 0 rings (SSSR count). The first-order valence-corrected chi connectivity index (χ1v) is 7.25. The molecule has 0 saturated carbocycles. The minimum absolute atomic E-state index is 0.282. The summed E-state index contributed by atoms with van der Waals surface area (Å²) >= 11 is 0. The molecule has 0 radical (unpaired) electrons. The van der Waals surface area contributed by atoms with Gasteiger partial charge in [0.15, 0.2) is 0 Å². The second kappa shape index (κ2) is 11.2. The van der Waals surface area contributed by atoms with Gasteiger partial charge in [-0.1, -0.05) is 65.7 Å². The van der Waals surface area contributed by atoms with Crippen molar-refractivity contribution in [1.82, 2.24) is 0 Å². The topological polar surface area (TPSA) is 17.1 Å². The summed E-state index contributed by atoms with van der Waals surface area (Å²) in [5.41, 5.74) is 0. The molecule has 1 heteroatoms. The van der Waals surface area contributed by atoms with Crippen LogP contribution < -0.4 is 0 Å². The average molecular weight is 226 g/mol. The molecule has 0 spiro atoms. The van der Waals surface area contributed by atoms with Crippen LogP contribution in [0.4, 0.5) is 0 Å². The molecule has 1 unspecified atom stereocenters. The minimum Gasteiger partial charge on any atom is -0.299 e. The second-order valence-corrected chi connectivity index (χ2v) is 5.00. The summed E-state index contributed by atoms with van der Waals surface area (Å²) in [6, 6.07) is 0. The number of ketones is 1. The Kier molecular flexibility index (Phi) is 10.9. The molecular formula is C15H30O. The molecule has 0 aromatic carbocycles. The van der Waals surface area contributed by atoms with Crippen molar-refractivity contribution in [3.63, 3.8) is 0 Å². The fraction of sp³-hybridized carbons (Fsp3) is 0.933. The highest BCUT2D eigenvalue weighted by Crippen LogP contribution is 2.12. The lowest BCUT2D eigenvalue weighted by molar-refractivity contribution is -0.122.